The van der Waals surface area contributed by atoms with Crippen molar-refractivity contribution in [2.24, 2.45) is 5.73 Å². The van der Waals surface area contributed by atoms with Crippen molar-refractivity contribution >= 4 is 12.4 Å². The van der Waals surface area contributed by atoms with E-state index < -0.39 is 0 Å². The largest absolute Gasteiger partial charge is 0.492 e. The van der Waals surface area contributed by atoms with Crippen LogP contribution >= 0.6 is 12.4 Å². The number of hydrogen-bond donors (Lipinski definition) is 1. The minimum absolute atomic E-state index is 0. The summed E-state index contributed by atoms with van der Waals surface area (Å²) in [6.07, 6.45) is 2.00. The molecular formula is C11H15ClFNO. The van der Waals surface area contributed by atoms with E-state index in [0.717, 1.165) is 18.4 Å². The van der Waals surface area contributed by atoms with Crippen LogP contribution < -0.4 is 10.5 Å². The molecule has 2 rings (SSSR count). The Morgan fingerprint density at radius 3 is 2.60 bits per heavy atom. The molecule has 84 valence electrons. The maximum absolute atomic E-state index is 13.0. The van der Waals surface area contributed by atoms with Gasteiger partial charge in [0.05, 0.1) is 5.54 Å². The second kappa shape index (κ2) is 4.37. The lowest BCUT2D eigenvalue weighted by Gasteiger charge is -2.11. The number of rotatable bonds is 3. The first-order chi connectivity index (χ1) is 6.57. The number of ether oxygens (including phenoxy) is 1. The molecule has 1 aliphatic rings. The Bertz CT molecular complexity index is 332. The van der Waals surface area contributed by atoms with Crippen LogP contribution in [0.25, 0.3) is 0 Å². The van der Waals surface area contributed by atoms with Crippen LogP contribution in [0.2, 0.25) is 0 Å². The van der Waals surface area contributed by atoms with Gasteiger partial charge in [0, 0.05) is 6.07 Å². The Labute approximate surface area is 95.0 Å². The third kappa shape index (κ3) is 3.36. The Kier molecular flexibility index (Phi) is 3.58. The van der Waals surface area contributed by atoms with Gasteiger partial charge in [-0.1, -0.05) is 0 Å². The maximum Gasteiger partial charge on any atom is 0.127 e. The average molecular weight is 232 g/mol. The van der Waals surface area contributed by atoms with E-state index in [1.165, 1.54) is 12.1 Å². The summed E-state index contributed by atoms with van der Waals surface area (Å²) in [5.41, 5.74) is 6.56. The molecule has 0 amide bonds. The lowest BCUT2D eigenvalue weighted by Crippen LogP contribution is -2.29. The lowest BCUT2D eigenvalue weighted by atomic mass is 10.2. The van der Waals surface area contributed by atoms with Crippen molar-refractivity contribution in [3.8, 4) is 5.75 Å². The summed E-state index contributed by atoms with van der Waals surface area (Å²) in [6.45, 7) is 2.32. The van der Waals surface area contributed by atoms with E-state index in [4.69, 9.17) is 10.5 Å². The Morgan fingerprint density at radius 2 is 2.07 bits per heavy atom. The molecule has 0 bridgehead atoms. The highest BCUT2D eigenvalue weighted by Crippen LogP contribution is 2.32. The van der Waals surface area contributed by atoms with Gasteiger partial charge in [-0.3, -0.25) is 0 Å². The standard InChI is InChI=1S/C11H14FNO.ClH/c1-8-4-9(12)6-10(5-8)14-7-11(13)2-3-11;/h4-6H,2-3,7,13H2,1H3;1H. The SMILES string of the molecule is Cc1cc(F)cc(OCC2(N)CC2)c1.Cl. The van der Waals surface area contributed by atoms with E-state index in [2.05, 4.69) is 0 Å². The second-order valence-electron chi connectivity index (χ2n) is 4.12. The van der Waals surface area contributed by atoms with Crippen molar-refractivity contribution in [3.05, 3.63) is 29.6 Å². The van der Waals surface area contributed by atoms with Crippen LogP contribution in [0, 0.1) is 12.7 Å². The molecule has 0 spiro atoms. The van der Waals surface area contributed by atoms with Crippen molar-refractivity contribution in [2.75, 3.05) is 6.61 Å². The van der Waals surface area contributed by atoms with Gasteiger partial charge in [0.15, 0.2) is 0 Å². The molecule has 2 nitrogen and oxygen atoms in total. The van der Waals surface area contributed by atoms with Gasteiger partial charge >= 0.3 is 0 Å². The molecule has 15 heavy (non-hydrogen) atoms. The summed E-state index contributed by atoms with van der Waals surface area (Å²) >= 11 is 0. The second-order valence-corrected chi connectivity index (χ2v) is 4.12. The molecule has 0 saturated heterocycles. The van der Waals surface area contributed by atoms with E-state index in [1.807, 2.05) is 13.0 Å². The molecule has 1 saturated carbocycles. The monoisotopic (exact) mass is 231 g/mol. The Hall–Kier alpha value is -0.800. The molecule has 1 aromatic carbocycles. The predicted molar refractivity (Wildman–Crippen MR) is 60.0 cm³/mol. The van der Waals surface area contributed by atoms with E-state index in [1.54, 1.807) is 0 Å². The summed E-state index contributed by atoms with van der Waals surface area (Å²) in [6, 6.07) is 4.68. The van der Waals surface area contributed by atoms with Crippen molar-refractivity contribution in [2.45, 2.75) is 25.3 Å². The van der Waals surface area contributed by atoms with Crippen LogP contribution in [0.4, 0.5) is 4.39 Å². The summed E-state index contributed by atoms with van der Waals surface area (Å²) < 4.78 is 18.4. The minimum atomic E-state index is -0.262. The number of halogens is 2. The Balaban J connectivity index is 0.00000112. The molecule has 0 heterocycles. The van der Waals surface area contributed by atoms with Gasteiger partial charge in [0.25, 0.3) is 0 Å². The molecule has 1 aliphatic carbocycles. The molecular weight excluding hydrogens is 217 g/mol. The predicted octanol–water partition coefficient (Wildman–Crippen LogP) is 2.43. The normalized spacial score (nSPS) is 16.7. The Morgan fingerprint density at radius 1 is 1.40 bits per heavy atom. The molecule has 0 unspecified atom stereocenters. The fourth-order valence-corrected chi connectivity index (χ4v) is 1.32. The summed E-state index contributed by atoms with van der Waals surface area (Å²) in [5, 5.41) is 0. The van der Waals surface area contributed by atoms with Gasteiger partial charge in [-0.05, 0) is 37.5 Å². The van der Waals surface area contributed by atoms with Crippen LogP contribution in [0.5, 0.6) is 5.75 Å². The van der Waals surface area contributed by atoms with Crippen molar-refractivity contribution in [1.29, 1.82) is 0 Å². The zero-order chi connectivity index (χ0) is 10.2. The van der Waals surface area contributed by atoms with Crippen LogP contribution in [-0.2, 0) is 0 Å². The van der Waals surface area contributed by atoms with Gasteiger partial charge in [-0.2, -0.15) is 0 Å². The third-order valence-corrected chi connectivity index (χ3v) is 2.43. The van der Waals surface area contributed by atoms with Gasteiger partial charge in [-0.15, -0.1) is 12.4 Å². The number of nitrogens with two attached hydrogens (primary N) is 1. The molecule has 0 radical (unpaired) electrons. The van der Waals surface area contributed by atoms with Gasteiger partial charge in [0.1, 0.15) is 18.2 Å². The molecule has 1 aromatic rings. The van der Waals surface area contributed by atoms with Crippen LogP contribution in [0.15, 0.2) is 18.2 Å². The fourth-order valence-electron chi connectivity index (χ4n) is 1.32. The van der Waals surface area contributed by atoms with Crippen molar-refractivity contribution in [1.82, 2.24) is 0 Å². The van der Waals surface area contributed by atoms with Crippen molar-refractivity contribution < 1.29 is 9.13 Å². The highest BCUT2D eigenvalue weighted by Gasteiger charge is 2.39. The van der Waals surface area contributed by atoms with Gasteiger partial charge in [-0.25, -0.2) is 4.39 Å². The van der Waals surface area contributed by atoms with Crippen LogP contribution in [-0.4, -0.2) is 12.1 Å². The smallest absolute Gasteiger partial charge is 0.127 e. The van der Waals surface area contributed by atoms with Gasteiger partial charge < -0.3 is 10.5 Å². The van der Waals surface area contributed by atoms with Crippen LogP contribution in [0.3, 0.4) is 0 Å². The highest BCUT2D eigenvalue weighted by atomic mass is 35.5. The van der Waals surface area contributed by atoms with Crippen LogP contribution in [0.1, 0.15) is 18.4 Å². The summed E-state index contributed by atoms with van der Waals surface area (Å²) in [5.74, 6) is 0.307. The lowest BCUT2D eigenvalue weighted by molar-refractivity contribution is 0.278. The first-order valence-corrected chi connectivity index (χ1v) is 4.76. The van der Waals surface area contributed by atoms with Gasteiger partial charge in [0.2, 0.25) is 0 Å². The molecule has 2 N–H and O–H groups in total. The number of hydrogen-bond acceptors (Lipinski definition) is 2. The average Bonchev–Trinajstić information content (AvgIpc) is 2.80. The number of aryl methyl sites for hydroxylation is 1. The highest BCUT2D eigenvalue weighted by molar-refractivity contribution is 5.85. The molecule has 4 heteroatoms. The quantitative estimate of drug-likeness (QED) is 0.867. The molecule has 0 aromatic heterocycles. The number of benzene rings is 1. The molecule has 1 fully saturated rings. The summed E-state index contributed by atoms with van der Waals surface area (Å²) in [4.78, 5) is 0. The maximum atomic E-state index is 13.0. The zero-order valence-corrected chi connectivity index (χ0v) is 9.44. The molecule has 0 aliphatic heterocycles. The van der Waals surface area contributed by atoms with E-state index in [0.29, 0.717) is 12.4 Å². The summed E-state index contributed by atoms with van der Waals surface area (Å²) in [7, 11) is 0. The van der Waals surface area contributed by atoms with E-state index in [-0.39, 0.29) is 23.8 Å². The third-order valence-electron chi connectivity index (χ3n) is 2.43. The van der Waals surface area contributed by atoms with E-state index >= 15 is 0 Å². The molecule has 0 atom stereocenters. The first-order valence-electron chi connectivity index (χ1n) is 4.76. The fraction of sp³-hybridized carbons (Fsp3) is 0.455. The first kappa shape index (κ1) is 12.3. The van der Waals surface area contributed by atoms with E-state index in [9.17, 15) is 4.39 Å². The van der Waals surface area contributed by atoms with Crippen molar-refractivity contribution in [3.63, 3.8) is 0 Å². The minimum Gasteiger partial charge on any atom is -0.492 e. The topological polar surface area (TPSA) is 35.2 Å². The zero-order valence-electron chi connectivity index (χ0n) is 8.63.